The van der Waals surface area contributed by atoms with E-state index < -0.39 is 23.5 Å². The zero-order valence-corrected chi connectivity index (χ0v) is 10.1. The van der Waals surface area contributed by atoms with Crippen LogP contribution in [-0.2, 0) is 4.79 Å². The van der Waals surface area contributed by atoms with Gasteiger partial charge in [0.15, 0.2) is 11.6 Å². The van der Waals surface area contributed by atoms with Crippen molar-refractivity contribution in [3.8, 4) is 5.75 Å². The molecule has 3 nitrogen and oxygen atoms in total. The Hall–Kier alpha value is -1.17. The maximum Gasteiger partial charge on any atom is 0.310 e. The van der Waals surface area contributed by atoms with Gasteiger partial charge in [-0.05, 0) is 28.9 Å². The Labute approximate surface area is 99.2 Å². The maximum atomic E-state index is 13.5. The number of hydrogen-bond acceptors (Lipinski definition) is 2. The highest BCUT2D eigenvalue weighted by molar-refractivity contribution is 9.10. The molecule has 0 fully saturated rings. The van der Waals surface area contributed by atoms with Gasteiger partial charge in [-0.2, -0.15) is 0 Å². The summed E-state index contributed by atoms with van der Waals surface area (Å²) in [6, 6.07) is 0.895. The molecule has 0 aliphatic heterocycles. The predicted octanol–water partition coefficient (Wildman–Crippen LogP) is 2.92. The van der Waals surface area contributed by atoms with Crippen LogP contribution >= 0.6 is 15.9 Å². The smallest absolute Gasteiger partial charge is 0.310 e. The molecule has 1 rings (SSSR count). The average Bonchev–Trinajstić information content (AvgIpc) is 2.21. The molecule has 0 saturated heterocycles. The number of aliphatic carboxylic acids is 1. The second kappa shape index (κ2) is 4.78. The summed E-state index contributed by atoms with van der Waals surface area (Å²) in [5.74, 6) is -4.77. The Morgan fingerprint density at radius 3 is 2.56 bits per heavy atom. The van der Waals surface area contributed by atoms with Gasteiger partial charge in [0.25, 0.3) is 0 Å². The van der Waals surface area contributed by atoms with E-state index in [1.807, 2.05) is 0 Å². The molecule has 0 heterocycles. The van der Waals surface area contributed by atoms with Gasteiger partial charge in [0.2, 0.25) is 0 Å². The molecular weight excluding hydrogens is 286 g/mol. The number of rotatable bonds is 3. The molecule has 1 atom stereocenters. The first-order valence-corrected chi connectivity index (χ1v) is 5.13. The Kier molecular flexibility index (Phi) is 3.85. The molecule has 0 radical (unpaired) electrons. The average molecular weight is 295 g/mol. The van der Waals surface area contributed by atoms with E-state index in [4.69, 9.17) is 9.84 Å². The van der Waals surface area contributed by atoms with E-state index >= 15 is 0 Å². The number of hydrogen-bond donors (Lipinski definition) is 1. The van der Waals surface area contributed by atoms with Crippen molar-refractivity contribution in [2.75, 3.05) is 7.11 Å². The SMILES string of the molecule is COc1c(Br)cc(F)c(F)c1C(C)C(=O)O. The van der Waals surface area contributed by atoms with Crippen LogP contribution in [0.4, 0.5) is 8.78 Å². The summed E-state index contributed by atoms with van der Waals surface area (Å²) in [6.45, 7) is 1.26. The highest BCUT2D eigenvalue weighted by atomic mass is 79.9. The van der Waals surface area contributed by atoms with Crippen molar-refractivity contribution in [3.05, 3.63) is 27.7 Å². The number of halogens is 3. The third-order valence-corrected chi connectivity index (χ3v) is 2.76. The lowest BCUT2D eigenvalue weighted by molar-refractivity contribution is -0.138. The van der Waals surface area contributed by atoms with Crippen molar-refractivity contribution < 1.29 is 23.4 Å². The van der Waals surface area contributed by atoms with Crippen molar-refractivity contribution in [1.82, 2.24) is 0 Å². The molecule has 0 saturated carbocycles. The Morgan fingerprint density at radius 1 is 1.56 bits per heavy atom. The number of ether oxygens (including phenoxy) is 1. The van der Waals surface area contributed by atoms with E-state index in [0.717, 1.165) is 6.07 Å². The molecule has 0 aromatic heterocycles. The minimum atomic E-state index is -1.25. The molecule has 0 amide bonds. The maximum absolute atomic E-state index is 13.5. The van der Waals surface area contributed by atoms with Crippen LogP contribution in [0.2, 0.25) is 0 Å². The predicted molar refractivity (Wildman–Crippen MR) is 56.7 cm³/mol. The van der Waals surface area contributed by atoms with Crippen LogP contribution in [0.3, 0.4) is 0 Å². The molecule has 0 aliphatic rings. The van der Waals surface area contributed by atoms with Crippen LogP contribution in [0.15, 0.2) is 10.5 Å². The van der Waals surface area contributed by atoms with Gasteiger partial charge >= 0.3 is 5.97 Å². The van der Waals surface area contributed by atoms with Crippen molar-refractivity contribution in [2.24, 2.45) is 0 Å². The molecule has 1 aromatic carbocycles. The standard InChI is InChI=1S/C10H9BrF2O3/c1-4(10(14)15)7-8(13)6(12)3-5(11)9(7)16-2/h3-4H,1-2H3,(H,14,15). The van der Waals surface area contributed by atoms with E-state index in [2.05, 4.69) is 15.9 Å². The molecule has 0 aliphatic carbocycles. The van der Waals surface area contributed by atoms with Crippen LogP contribution in [0, 0.1) is 11.6 Å². The number of carboxylic acid groups (broad SMARTS) is 1. The first-order valence-electron chi connectivity index (χ1n) is 4.34. The quantitative estimate of drug-likeness (QED) is 0.872. The van der Waals surface area contributed by atoms with Gasteiger partial charge in [0.05, 0.1) is 17.5 Å². The van der Waals surface area contributed by atoms with Gasteiger partial charge in [-0.25, -0.2) is 8.78 Å². The van der Waals surface area contributed by atoms with Crippen LogP contribution in [0.5, 0.6) is 5.75 Å². The van der Waals surface area contributed by atoms with E-state index in [0.29, 0.717) is 0 Å². The number of carbonyl (C=O) groups is 1. The summed E-state index contributed by atoms with van der Waals surface area (Å²) < 4.78 is 31.7. The lowest BCUT2D eigenvalue weighted by Crippen LogP contribution is -2.12. The van der Waals surface area contributed by atoms with E-state index in [9.17, 15) is 13.6 Å². The van der Waals surface area contributed by atoms with Crippen LogP contribution in [-0.4, -0.2) is 18.2 Å². The molecule has 16 heavy (non-hydrogen) atoms. The Bertz CT molecular complexity index is 435. The second-order valence-electron chi connectivity index (χ2n) is 3.16. The fraction of sp³-hybridized carbons (Fsp3) is 0.300. The van der Waals surface area contributed by atoms with Crippen LogP contribution < -0.4 is 4.74 Å². The van der Waals surface area contributed by atoms with Crippen molar-refractivity contribution in [1.29, 1.82) is 0 Å². The molecule has 0 bridgehead atoms. The molecule has 1 N–H and O–H groups in total. The summed E-state index contributed by atoms with van der Waals surface area (Å²) in [5, 5.41) is 8.80. The fourth-order valence-electron chi connectivity index (χ4n) is 1.31. The molecule has 1 unspecified atom stereocenters. The molecular formula is C10H9BrF2O3. The van der Waals surface area contributed by atoms with Crippen LogP contribution in [0.1, 0.15) is 18.4 Å². The third kappa shape index (κ3) is 2.16. The number of methoxy groups -OCH3 is 1. The van der Waals surface area contributed by atoms with Crippen LogP contribution in [0.25, 0.3) is 0 Å². The van der Waals surface area contributed by atoms with Gasteiger partial charge in [-0.3, -0.25) is 4.79 Å². The van der Waals surface area contributed by atoms with Crippen molar-refractivity contribution >= 4 is 21.9 Å². The highest BCUT2D eigenvalue weighted by Crippen LogP contribution is 2.37. The molecule has 88 valence electrons. The lowest BCUT2D eigenvalue weighted by Gasteiger charge is -2.15. The second-order valence-corrected chi connectivity index (χ2v) is 4.02. The Balaban J connectivity index is 3.50. The highest BCUT2D eigenvalue weighted by Gasteiger charge is 2.26. The largest absolute Gasteiger partial charge is 0.495 e. The summed E-state index contributed by atoms with van der Waals surface area (Å²) in [7, 11) is 1.26. The molecule has 0 spiro atoms. The van der Waals surface area contributed by atoms with Gasteiger partial charge in [-0.15, -0.1) is 0 Å². The summed E-state index contributed by atoms with van der Waals surface area (Å²) in [4.78, 5) is 10.8. The molecule has 1 aromatic rings. The monoisotopic (exact) mass is 294 g/mol. The van der Waals surface area contributed by atoms with Crippen molar-refractivity contribution in [2.45, 2.75) is 12.8 Å². The first kappa shape index (κ1) is 12.9. The summed E-state index contributed by atoms with van der Waals surface area (Å²) >= 11 is 2.99. The normalized spacial score (nSPS) is 12.3. The Morgan fingerprint density at radius 2 is 2.12 bits per heavy atom. The minimum absolute atomic E-state index is 0.00574. The van der Waals surface area contributed by atoms with Gasteiger partial charge in [0, 0.05) is 5.56 Å². The minimum Gasteiger partial charge on any atom is -0.495 e. The third-order valence-electron chi connectivity index (χ3n) is 2.17. The topological polar surface area (TPSA) is 46.5 Å². The van der Waals surface area contributed by atoms with Gasteiger partial charge < -0.3 is 9.84 Å². The number of benzene rings is 1. The summed E-state index contributed by atoms with van der Waals surface area (Å²) in [5.41, 5.74) is -0.304. The zero-order chi connectivity index (χ0) is 12.5. The van der Waals surface area contributed by atoms with Crippen molar-refractivity contribution in [3.63, 3.8) is 0 Å². The van der Waals surface area contributed by atoms with E-state index in [-0.39, 0.29) is 15.8 Å². The van der Waals surface area contributed by atoms with E-state index in [1.54, 1.807) is 0 Å². The van der Waals surface area contributed by atoms with Gasteiger partial charge in [0.1, 0.15) is 5.75 Å². The fourth-order valence-corrected chi connectivity index (χ4v) is 1.89. The summed E-state index contributed by atoms with van der Waals surface area (Å²) in [6.07, 6.45) is 0. The van der Waals surface area contributed by atoms with E-state index in [1.165, 1.54) is 14.0 Å². The lowest BCUT2D eigenvalue weighted by atomic mass is 9.99. The zero-order valence-electron chi connectivity index (χ0n) is 8.55. The number of carboxylic acids is 1. The first-order chi connectivity index (χ1) is 7.40. The molecule has 6 heteroatoms. The van der Waals surface area contributed by atoms with Gasteiger partial charge in [-0.1, -0.05) is 0 Å².